The lowest BCUT2D eigenvalue weighted by molar-refractivity contribution is -0.0194. The van der Waals surface area contributed by atoms with E-state index in [9.17, 15) is 0 Å². The Balaban J connectivity index is 1.62. The SMILES string of the molecule is C(=C/[C@H]1OC[C@H](c2ccccc2)O1)/c1ccccc1. The lowest BCUT2D eigenvalue weighted by Gasteiger charge is -2.08. The van der Waals surface area contributed by atoms with Gasteiger partial charge in [0.1, 0.15) is 6.10 Å². The third-order valence-electron chi connectivity index (χ3n) is 3.13. The van der Waals surface area contributed by atoms with E-state index in [2.05, 4.69) is 24.3 Å². The summed E-state index contributed by atoms with van der Waals surface area (Å²) in [5.41, 5.74) is 2.32. The van der Waals surface area contributed by atoms with Crippen LogP contribution in [0.4, 0.5) is 0 Å². The van der Waals surface area contributed by atoms with Crippen molar-refractivity contribution in [1.82, 2.24) is 0 Å². The maximum absolute atomic E-state index is 5.86. The Morgan fingerprint density at radius 2 is 1.58 bits per heavy atom. The zero-order chi connectivity index (χ0) is 12.9. The summed E-state index contributed by atoms with van der Waals surface area (Å²) in [6.45, 7) is 0.605. The summed E-state index contributed by atoms with van der Waals surface area (Å²) in [5, 5.41) is 0. The molecule has 1 fully saturated rings. The molecule has 3 rings (SSSR count). The molecular weight excluding hydrogens is 236 g/mol. The van der Waals surface area contributed by atoms with E-state index in [1.807, 2.05) is 48.6 Å². The zero-order valence-electron chi connectivity index (χ0n) is 10.6. The summed E-state index contributed by atoms with van der Waals surface area (Å²) in [7, 11) is 0. The van der Waals surface area contributed by atoms with E-state index in [1.165, 1.54) is 0 Å². The van der Waals surface area contributed by atoms with Gasteiger partial charge in [-0.15, -0.1) is 0 Å². The van der Waals surface area contributed by atoms with E-state index >= 15 is 0 Å². The molecule has 2 heteroatoms. The topological polar surface area (TPSA) is 18.5 Å². The quantitative estimate of drug-likeness (QED) is 0.827. The minimum atomic E-state index is -0.259. The second-order valence-electron chi connectivity index (χ2n) is 4.51. The van der Waals surface area contributed by atoms with Gasteiger partial charge in [-0.25, -0.2) is 0 Å². The van der Waals surface area contributed by atoms with Crippen LogP contribution >= 0.6 is 0 Å². The maximum Gasteiger partial charge on any atom is 0.178 e. The standard InChI is InChI=1S/C17H16O2/c1-3-7-14(8-4-1)11-12-17-18-13-16(19-17)15-9-5-2-6-10-15/h1-12,16-17H,13H2/b12-11-/t16-,17+/m1/s1. The van der Waals surface area contributed by atoms with Gasteiger partial charge in [0.25, 0.3) is 0 Å². The second-order valence-corrected chi connectivity index (χ2v) is 4.51. The lowest BCUT2D eigenvalue weighted by atomic mass is 10.1. The molecule has 1 saturated heterocycles. The minimum Gasteiger partial charge on any atom is -0.346 e. The van der Waals surface area contributed by atoms with E-state index in [0.717, 1.165) is 11.1 Å². The lowest BCUT2D eigenvalue weighted by Crippen LogP contribution is -2.03. The average molecular weight is 252 g/mol. The number of ether oxygens (including phenoxy) is 2. The number of hydrogen-bond acceptors (Lipinski definition) is 2. The Labute approximate surface area is 113 Å². The van der Waals surface area contributed by atoms with Crippen LogP contribution in [0.15, 0.2) is 66.7 Å². The van der Waals surface area contributed by atoms with Crippen LogP contribution in [0.25, 0.3) is 6.08 Å². The van der Waals surface area contributed by atoms with Crippen LogP contribution in [-0.2, 0) is 9.47 Å². The second kappa shape index (κ2) is 5.83. The van der Waals surface area contributed by atoms with Crippen molar-refractivity contribution in [3.05, 3.63) is 77.9 Å². The zero-order valence-corrected chi connectivity index (χ0v) is 10.6. The molecule has 19 heavy (non-hydrogen) atoms. The van der Waals surface area contributed by atoms with Crippen molar-refractivity contribution in [2.45, 2.75) is 12.4 Å². The van der Waals surface area contributed by atoms with Gasteiger partial charge in [-0.3, -0.25) is 0 Å². The molecule has 2 aromatic carbocycles. The summed E-state index contributed by atoms with van der Waals surface area (Å²) in [5.74, 6) is 0. The highest BCUT2D eigenvalue weighted by Gasteiger charge is 2.24. The van der Waals surface area contributed by atoms with Crippen LogP contribution in [-0.4, -0.2) is 12.9 Å². The van der Waals surface area contributed by atoms with Crippen molar-refractivity contribution in [3.63, 3.8) is 0 Å². The molecule has 0 unspecified atom stereocenters. The first kappa shape index (κ1) is 12.2. The molecule has 2 aromatic rings. The van der Waals surface area contributed by atoms with Gasteiger partial charge in [0.2, 0.25) is 0 Å². The molecule has 1 heterocycles. The molecular formula is C17H16O2. The van der Waals surface area contributed by atoms with Gasteiger partial charge in [0.05, 0.1) is 6.61 Å². The summed E-state index contributed by atoms with van der Waals surface area (Å²) in [6, 6.07) is 20.3. The van der Waals surface area contributed by atoms with Crippen LogP contribution in [0.3, 0.4) is 0 Å². The van der Waals surface area contributed by atoms with Crippen molar-refractivity contribution in [1.29, 1.82) is 0 Å². The normalized spacial score (nSPS) is 22.9. The van der Waals surface area contributed by atoms with E-state index in [4.69, 9.17) is 9.47 Å². The highest BCUT2D eigenvalue weighted by Crippen LogP contribution is 2.26. The van der Waals surface area contributed by atoms with E-state index < -0.39 is 0 Å². The van der Waals surface area contributed by atoms with Crippen molar-refractivity contribution in [2.24, 2.45) is 0 Å². The first-order chi connectivity index (χ1) is 9.42. The highest BCUT2D eigenvalue weighted by atomic mass is 16.7. The molecule has 0 bridgehead atoms. The van der Waals surface area contributed by atoms with E-state index in [1.54, 1.807) is 0 Å². The average Bonchev–Trinajstić information content (AvgIpc) is 2.96. The fourth-order valence-corrected chi connectivity index (χ4v) is 2.12. The van der Waals surface area contributed by atoms with Crippen molar-refractivity contribution >= 4 is 6.08 Å². The smallest absolute Gasteiger partial charge is 0.178 e. The molecule has 0 saturated carbocycles. The molecule has 0 aliphatic carbocycles. The van der Waals surface area contributed by atoms with Gasteiger partial charge >= 0.3 is 0 Å². The third kappa shape index (κ3) is 3.11. The first-order valence-corrected chi connectivity index (χ1v) is 6.47. The molecule has 0 radical (unpaired) electrons. The predicted molar refractivity (Wildman–Crippen MR) is 75.5 cm³/mol. The summed E-state index contributed by atoms with van der Waals surface area (Å²) in [6.07, 6.45) is 3.76. The predicted octanol–water partition coefficient (Wildman–Crippen LogP) is 3.81. The highest BCUT2D eigenvalue weighted by molar-refractivity contribution is 5.49. The molecule has 1 aliphatic heterocycles. The van der Waals surface area contributed by atoms with Crippen molar-refractivity contribution in [2.75, 3.05) is 6.61 Å². The summed E-state index contributed by atoms with van der Waals surface area (Å²) in [4.78, 5) is 0. The number of rotatable bonds is 3. The van der Waals surface area contributed by atoms with Gasteiger partial charge in [-0.2, -0.15) is 0 Å². The molecule has 0 N–H and O–H groups in total. The fraction of sp³-hybridized carbons (Fsp3) is 0.176. The Kier molecular flexibility index (Phi) is 3.73. The van der Waals surface area contributed by atoms with E-state index in [0.29, 0.717) is 6.61 Å². The molecule has 0 aromatic heterocycles. The molecule has 0 amide bonds. The minimum absolute atomic E-state index is 0.0339. The van der Waals surface area contributed by atoms with Gasteiger partial charge in [-0.05, 0) is 17.2 Å². The van der Waals surface area contributed by atoms with Crippen LogP contribution in [0.5, 0.6) is 0 Å². The van der Waals surface area contributed by atoms with Crippen LogP contribution in [0.2, 0.25) is 0 Å². The monoisotopic (exact) mass is 252 g/mol. The van der Waals surface area contributed by atoms with Gasteiger partial charge in [-0.1, -0.05) is 66.7 Å². The van der Waals surface area contributed by atoms with Crippen molar-refractivity contribution < 1.29 is 9.47 Å². The van der Waals surface area contributed by atoms with Gasteiger partial charge < -0.3 is 9.47 Å². The fourth-order valence-electron chi connectivity index (χ4n) is 2.12. The van der Waals surface area contributed by atoms with Gasteiger partial charge in [0.15, 0.2) is 6.29 Å². The largest absolute Gasteiger partial charge is 0.346 e. The summed E-state index contributed by atoms with van der Waals surface area (Å²) < 4.78 is 11.5. The van der Waals surface area contributed by atoms with E-state index in [-0.39, 0.29) is 12.4 Å². The molecule has 1 aliphatic rings. The number of benzene rings is 2. The Hall–Kier alpha value is -1.90. The van der Waals surface area contributed by atoms with Crippen LogP contribution in [0, 0.1) is 0 Å². The number of hydrogen-bond donors (Lipinski definition) is 0. The van der Waals surface area contributed by atoms with Crippen LogP contribution < -0.4 is 0 Å². The van der Waals surface area contributed by atoms with Crippen molar-refractivity contribution in [3.8, 4) is 0 Å². The molecule has 0 spiro atoms. The third-order valence-corrected chi connectivity index (χ3v) is 3.13. The Bertz CT molecular complexity index is 534. The molecule has 2 nitrogen and oxygen atoms in total. The Morgan fingerprint density at radius 1 is 0.895 bits per heavy atom. The Morgan fingerprint density at radius 3 is 2.32 bits per heavy atom. The molecule has 96 valence electrons. The van der Waals surface area contributed by atoms with Crippen LogP contribution in [0.1, 0.15) is 17.2 Å². The molecule has 2 atom stereocenters. The van der Waals surface area contributed by atoms with Gasteiger partial charge in [0, 0.05) is 0 Å². The first-order valence-electron chi connectivity index (χ1n) is 6.47. The summed E-state index contributed by atoms with van der Waals surface area (Å²) >= 11 is 0. The maximum atomic E-state index is 5.86.